The van der Waals surface area contributed by atoms with Crippen molar-refractivity contribution in [1.82, 2.24) is 4.57 Å². The van der Waals surface area contributed by atoms with Gasteiger partial charge in [-0.3, -0.25) is 9.59 Å². The van der Waals surface area contributed by atoms with E-state index in [1.807, 2.05) is 45.0 Å². The lowest BCUT2D eigenvalue weighted by Gasteiger charge is -2.15. The molecule has 4 nitrogen and oxygen atoms in total. The summed E-state index contributed by atoms with van der Waals surface area (Å²) in [6.45, 7) is 5.70. The molecule has 2 aromatic carbocycles. The summed E-state index contributed by atoms with van der Waals surface area (Å²) >= 11 is 0. The minimum Gasteiger partial charge on any atom is -0.337 e. The number of para-hydroxylation sites is 1. The summed E-state index contributed by atoms with van der Waals surface area (Å²) in [6.07, 6.45) is 1.74. The fourth-order valence-electron chi connectivity index (χ4n) is 2.85. The lowest BCUT2D eigenvalue weighted by molar-refractivity contribution is -0.116. The molecule has 1 heterocycles. The number of carbonyl (C=O) groups is 2. The van der Waals surface area contributed by atoms with E-state index in [1.54, 1.807) is 10.8 Å². The Kier molecular flexibility index (Phi) is 4.64. The summed E-state index contributed by atoms with van der Waals surface area (Å²) in [5, 5.41) is 3.57. The summed E-state index contributed by atoms with van der Waals surface area (Å²) in [4.78, 5) is 25.1. The Morgan fingerprint density at radius 1 is 1.04 bits per heavy atom. The topological polar surface area (TPSA) is 51.1 Å². The molecule has 0 aliphatic heterocycles. The lowest BCUT2D eigenvalue weighted by Crippen LogP contribution is -2.20. The molecule has 0 spiro atoms. The van der Waals surface area contributed by atoms with Crippen LogP contribution in [0.5, 0.6) is 0 Å². The van der Waals surface area contributed by atoms with Crippen LogP contribution in [-0.2, 0) is 11.3 Å². The number of hydrogen-bond donors (Lipinski definition) is 1. The Hall–Kier alpha value is -2.95. The van der Waals surface area contributed by atoms with Crippen molar-refractivity contribution in [2.45, 2.75) is 27.3 Å². The minimum absolute atomic E-state index is 0.0337. The van der Waals surface area contributed by atoms with Crippen LogP contribution in [-0.4, -0.2) is 16.3 Å². The Morgan fingerprint density at radius 2 is 1.69 bits per heavy atom. The highest BCUT2D eigenvalue weighted by Crippen LogP contribution is 2.28. The largest absolute Gasteiger partial charge is 0.337 e. The molecular formula is C21H21FN2O2. The van der Waals surface area contributed by atoms with Crippen LogP contribution < -0.4 is 5.32 Å². The molecule has 0 atom stereocenters. The van der Waals surface area contributed by atoms with Crippen molar-refractivity contribution in [1.29, 1.82) is 0 Å². The number of nitrogens with one attached hydrogen (secondary N) is 1. The van der Waals surface area contributed by atoms with Gasteiger partial charge in [0, 0.05) is 33.8 Å². The van der Waals surface area contributed by atoms with E-state index >= 15 is 0 Å². The van der Waals surface area contributed by atoms with Gasteiger partial charge >= 0.3 is 0 Å². The van der Waals surface area contributed by atoms with Gasteiger partial charge in [-0.05, 0) is 30.3 Å². The molecule has 0 bridgehead atoms. The second-order valence-electron chi connectivity index (χ2n) is 7.32. The van der Waals surface area contributed by atoms with Gasteiger partial charge in [-0.1, -0.05) is 39.0 Å². The van der Waals surface area contributed by atoms with Gasteiger partial charge in [-0.15, -0.1) is 0 Å². The zero-order valence-electron chi connectivity index (χ0n) is 15.0. The molecule has 5 heteroatoms. The van der Waals surface area contributed by atoms with Gasteiger partial charge < -0.3 is 9.88 Å². The van der Waals surface area contributed by atoms with Gasteiger partial charge in [0.15, 0.2) is 5.78 Å². The molecule has 26 heavy (non-hydrogen) atoms. The number of amides is 1. The SMILES string of the molecule is CC(C)(C)C(=O)c1cn(CC(=O)Nc2ccc(F)cc2)c2ccccc12. The first kappa shape index (κ1) is 17.9. The first-order valence-corrected chi connectivity index (χ1v) is 8.44. The van der Waals surface area contributed by atoms with E-state index in [0.717, 1.165) is 10.9 Å². The summed E-state index contributed by atoms with van der Waals surface area (Å²) in [6, 6.07) is 13.1. The van der Waals surface area contributed by atoms with E-state index in [9.17, 15) is 14.0 Å². The number of halogens is 1. The average molecular weight is 352 g/mol. The maximum absolute atomic E-state index is 13.0. The monoisotopic (exact) mass is 352 g/mol. The van der Waals surface area contributed by atoms with Crippen LogP contribution in [0.4, 0.5) is 10.1 Å². The number of aromatic nitrogens is 1. The van der Waals surface area contributed by atoms with Crippen LogP contribution in [0.1, 0.15) is 31.1 Å². The van der Waals surface area contributed by atoms with Gasteiger partial charge in [0.1, 0.15) is 12.4 Å². The zero-order chi connectivity index (χ0) is 18.9. The summed E-state index contributed by atoms with van der Waals surface area (Å²) in [5.74, 6) is -0.566. The highest BCUT2D eigenvalue weighted by atomic mass is 19.1. The van der Waals surface area contributed by atoms with Crippen molar-refractivity contribution < 1.29 is 14.0 Å². The zero-order valence-corrected chi connectivity index (χ0v) is 15.0. The number of hydrogen-bond acceptors (Lipinski definition) is 2. The molecular weight excluding hydrogens is 331 g/mol. The first-order chi connectivity index (χ1) is 12.3. The molecule has 1 N–H and O–H groups in total. The second-order valence-corrected chi connectivity index (χ2v) is 7.32. The molecule has 3 aromatic rings. The third-order valence-corrected chi connectivity index (χ3v) is 4.16. The molecule has 0 aliphatic rings. The molecule has 0 saturated carbocycles. The Balaban J connectivity index is 1.89. The molecule has 0 radical (unpaired) electrons. The van der Waals surface area contributed by atoms with E-state index in [4.69, 9.17) is 0 Å². The normalized spacial score (nSPS) is 11.5. The van der Waals surface area contributed by atoms with Crippen LogP contribution >= 0.6 is 0 Å². The maximum atomic E-state index is 13.0. The molecule has 0 saturated heterocycles. The predicted octanol–water partition coefficient (Wildman–Crippen LogP) is 4.65. The van der Waals surface area contributed by atoms with Crippen LogP contribution in [0.3, 0.4) is 0 Å². The number of nitrogens with zero attached hydrogens (tertiary/aromatic N) is 1. The van der Waals surface area contributed by atoms with E-state index in [1.165, 1.54) is 24.3 Å². The van der Waals surface area contributed by atoms with E-state index in [2.05, 4.69) is 5.32 Å². The molecule has 3 rings (SSSR count). The summed E-state index contributed by atoms with van der Waals surface area (Å²) in [7, 11) is 0. The van der Waals surface area contributed by atoms with Crippen molar-refractivity contribution in [2.24, 2.45) is 5.41 Å². The van der Waals surface area contributed by atoms with Crippen molar-refractivity contribution >= 4 is 28.3 Å². The standard InChI is InChI=1S/C21H21FN2O2/c1-21(2,3)20(26)17-12-24(18-7-5-4-6-16(17)18)13-19(25)23-15-10-8-14(22)9-11-15/h4-12H,13H2,1-3H3,(H,23,25). The van der Waals surface area contributed by atoms with Crippen molar-refractivity contribution in [2.75, 3.05) is 5.32 Å². The molecule has 134 valence electrons. The van der Waals surface area contributed by atoms with Crippen LogP contribution in [0.15, 0.2) is 54.7 Å². The first-order valence-electron chi connectivity index (χ1n) is 8.44. The van der Waals surface area contributed by atoms with Gasteiger partial charge in [-0.25, -0.2) is 4.39 Å². The third-order valence-electron chi connectivity index (χ3n) is 4.16. The molecule has 1 aromatic heterocycles. The van der Waals surface area contributed by atoms with Crippen LogP contribution in [0.2, 0.25) is 0 Å². The molecule has 1 amide bonds. The maximum Gasteiger partial charge on any atom is 0.244 e. The van der Waals surface area contributed by atoms with Gasteiger partial charge in [-0.2, -0.15) is 0 Å². The Labute approximate surface area is 151 Å². The molecule has 0 aliphatic carbocycles. The molecule has 0 unspecified atom stereocenters. The summed E-state index contributed by atoms with van der Waals surface area (Å²) < 4.78 is 14.7. The van der Waals surface area contributed by atoms with Crippen LogP contribution in [0, 0.1) is 11.2 Å². The number of carbonyl (C=O) groups excluding carboxylic acids is 2. The Bertz CT molecular complexity index is 966. The van der Waals surface area contributed by atoms with Crippen LogP contribution in [0.25, 0.3) is 10.9 Å². The van der Waals surface area contributed by atoms with Crippen molar-refractivity contribution in [3.05, 3.63) is 66.1 Å². The van der Waals surface area contributed by atoms with Gasteiger partial charge in [0.2, 0.25) is 5.91 Å². The van der Waals surface area contributed by atoms with Crippen molar-refractivity contribution in [3.63, 3.8) is 0 Å². The average Bonchev–Trinajstić information content (AvgIpc) is 2.94. The van der Waals surface area contributed by atoms with Gasteiger partial charge in [0.25, 0.3) is 0 Å². The number of anilines is 1. The number of Topliss-reactive ketones (excluding diaryl/α,β-unsaturated/α-hetero) is 1. The fraction of sp³-hybridized carbons (Fsp3) is 0.238. The summed E-state index contributed by atoms with van der Waals surface area (Å²) in [5.41, 5.74) is 1.46. The Morgan fingerprint density at radius 3 is 2.35 bits per heavy atom. The number of benzene rings is 2. The molecule has 0 fully saturated rings. The van der Waals surface area contributed by atoms with E-state index in [0.29, 0.717) is 11.3 Å². The van der Waals surface area contributed by atoms with E-state index in [-0.39, 0.29) is 24.1 Å². The van der Waals surface area contributed by atoms with E-state index < -0.39 is 5.41 Å². The number of ketones is 1. The second kappa shape index (κ2) is 6.75. The number of fused-ring (bicyclic) bond motifs is 1. The quantitative estimate of drug-likeness (QED) is 0.695. The third kappa shape index (κ3) is 3.67. The predicted molar refractivity (Wildman–Crippen MR) is 101 cm³/mol. The minimum atomic E-state index is -0.509. The number of rotatable bonds is 4. The van der Waals surface area contributed by atoms with Gasteiger partial charge in [0.05, 0.1) is 0 Å². The van der Waals surface area contributed by atoms with Crippen molar-refractivity contribution in [3.8, 4) is 0 Å². The fourth-order valence-corrected chi connectivity index (χ4v) is 2.85. The highest BCUT2D eigenvalue weighted by Gasteiger charge is 2.26. The highest BCUT2D eigenvalue weighted by molar-refractivity contribution is 6.10. The smallest absolute Gasteiger partial charge is 0.244 e. The lowest BCUT2D eigenvalue weighted by atomic mass is 9.86.